The highest BCUT2D eigenvalue weighted by molar-refractivity contribution is 6.07. The number of rotatable bonds is 4. The van der Waals surface area contributed by atoms with Crippen molar-refractivity contribution in [2.75, 3.05) is 34.2 Å². The zero-order valence-corrected chi connectivity index (χ0v) is 16.5. The van der Waals surface area contributed by atoms with E-state index >= 15 is 0 Å². The molecule has 1 atom stereocenters. The minimum absolute atomic E-state index is 0.0222. The third-order valence-electron chi connectivity index (χ3n) is 5.01. The first-order valence-electron chi connectivity index (χ1n) is 8.72. The van der Waals surface area contributed by atoms with E-state index < -0.39 is 28.8 Å². The van der Waals surface area contributed by atoms with Gasteiger partial charge in [0.2, 0.25) is 0 Å². The summed E-state index contributed by atoms with van der Waals surface area (Å²) < 4.78 is 0.537. The van der Waals surface area contributed by atoms with Crippen LogP contribution in [-0.2, 0) is 4.79 Å². The minimum Gasteiger partial charge on any atom is -0.385 e. The molecule has 0 aromatic heterocycles. The zero-order chi connectivity index (χ0) is 19.4. The molecule has 144 valence electrons. The fraction of sp³-hybridized carbons (Fsp3) is 0.882. The molecule has 0 aromatic rings. The molecule has 2 rings (SSSR count). The highest BCUT2D eigenvalue weighted by Gasteiger charge is 2.61. The van der Waals surface area contributed by atoms with E-state index in [1.807, 2.05) is 48.8 Å². The maximum Gasteiger partial charge on any atom is 0.325 e. The van der Waals surface area contributed by atoms with E-state index in [0.29, 0.717) is 23.9 Å². The monoisotopic (exact) mass is 357 g/mol. The first kappa shape index (κ1) is 20.1. The SMILES string of the molecule is CC1(C)CC2(CC(C)(C)N1O)NC(=O)N(CC(O)C[N+](C)(C)C)C2=O. The van der Waals surface area contributed by atoms with Gasteiger partial charge in [-0.05, 0) is 40.5 Å². The molecule has 0 aromatic carbocycles. The zero-order valence-electron chi connectivity index (χ0n) is 16.5. The summed E-state index contributed by atoms with van der Waals surface area (Å²) in [6.45, 7) is 7.82. The molecule has 1 spiro atoms. The second-order valence-electron chi connectivity index (χ2n) is 9.84. The Labute approximate surface area is 149 Å². The molecule has 0 radical (unpaired) electrons. The lowest BCUT2D eigenvalue weighted by atomic mass is 9.70. The first-order chi connectivity index (χ1) is 11.1. The summed E-state index contributed by atoms with van der Waals surface area (Å²) >= 11 is 0. The first-order valence-corrected chi connectivity index (χ1v) is 8.72. The van der Waals surface area contributed by atoms with Crippen LogP contribution in [0, 0.1) is 0 Å². The average Bonchev–Trinajstić information content (AvgIpc) is 2.57. The largest absolute Gasteiger partial charge is 0.385 e. The Bertz CT molecular complexity index is 549. The molecule has 3 amide bonds. The number of hydroxylamine groups is 2. The van der Waals surface area contributed by atoms with Crippen LogP contribution in [0.25, 0.3) is 0 Å². The van der Waals surface area contributed by atoms with Gasteiger partial charge in [-0.3, -0.25) is 9.69 Å². The molecule has 2 aliphatic heterocycles. The molecule has 1 unspecified atom stereocenters. The lowest BCUT2D eigenvalue weighted by molar-refractivity contribution is -0.873. The lowest BCUT2D eigenvalue weighted by Crippen LogP contribution is -2.68. The van der Waals surface area contributed by atoms with Crippen LogP contribution in [0.2, 0.25) is 0 Å². The van der Waals surface area contributed by atoms with Gasteiger partial charge in [0.25, 0.3) is 5.91 Å². The van der Waals surface area contributed by atoms with Gasteiger partial charge in [-0.25, -0.2) is 4.79 Å². The van der Waals surface area contributed by atoms with Gasteiger partial charge in [0.05, 0.1) is 27.7 Å². The summed E-state index contributed by atoms with van der Waals surface area (Å²) in [5.74, 6) is -0.313. The molecule has 0 aliphatic carbocycles. The fourth-order valence-corrected chi connectivity index (χ4v) is 4.49. The number of likely N-dealkylation sites (N-methyl/N-ethyl adjacent to an activating group) is 1. The van der Waals surface area contributed by atoms with Gasteiger partial charge in [-0.15, -0.1) is 0 Å². The van der Waals surface area contributed by atoms with Gasteiger partial charge in [0.15, 0.2) is 0 Å². The van der Waals surface area contributed by atoms with E-state index in [0.717, 1.165) is 4.90 Å². The Morgan fingerprint density at radius 1 is 1.12 bits per heavy atom. The smallest absolute Gasteiger partial charge is 0.325 e. The molecule has 2 saturated heterocycles. The number of urea groups is 1. The third-order valence-corrected chi connectivity index (χ3v) is 5.01. The number of amides is 3. The van der Waals surface area contributed by atoms with Gasteiger partial charge in [-0.2, -0.15) is 5.06 Å². The van der Waals surface area contributed by atoms with Crippen molar-refractivity contribution in [2.45, 2.75) is 63.3 Å². The van der Waals surface area contributed by atoms with Crippen molar-refractivity contribution in [3.63, 3.8) is 0 Å². The Kier molecular flexibility index (Phi) is 4.75. The van der Waals surface area contributed by atoms with Crippen LogP contribution in [0.15, 0.2) is 0 Å². The number of hydrogen-bond acceptors (Lipinski definition) is 5. The summed E-state index contributed by atoms with van der Waals surface area (Å²) in [5, 5.41) is 24.9. The van der Waals surface area contributed by atoms with Crippen molar-refractivity contribution >= 4 is 11.9 Å². The van der Waals surface area contributed by atoms with Crippen LogP contribution in [0.1, 0.15) is 40.5 Å². The molecular weight excluding hydrogens is 324 g/mol. The molecule has 25 heavy (non-hydrogen) atoms. The number of carbonyl (C=O) groups is 2. The molecule has 0 saturated carbocycles. The Hall–Kier alpha value is -1.22. The quantitative estimate of drug-likeness (QED) is 0.500. The van der Waals surface area contributed by atoms with E-state index in [1.165, 1.54) is 5.06 Å². The number of imide groups is 1. The van der Waals surface area contributed by atoms with Gasteiger partial charge in [0, 0.05) is 11.1 Å². The third kappa shape index (κ3) is 3.81. The van der Waals surface area contributed by atoms with Crippen molar-refractivity contribution in [1.82, 2.24) is 15.3 Å². The van der Waals surface area contributed by atoms with Gasteiger partial charge < -0.3 is 20.1 Å². The number of aliphatic hydroxyl groups excluding tert-OH is 1. The fourth-order valence-electron chi connectivity index (χ4n) is 4.49. The molecule has 8 nitrogen and oxygen atoms in total. The Balaban J connectivity index is 2.23. The van der Waals surface area contributed by atoms with Crippen LogP contribution in [0.3, 0.4) is 0 Å². The molecule has 2 aliphatic rings. The summed E-state index contributed by atoms with van der Waals surface area (Å²) in [4.78, 5) is 26.7. The van der Waals surface area contributed by atoms with E-state index in [-0.39, 0.29) is 12.5 Å². The summed E-state index contributed by atoms with van der Waals surface area (Å²) in [6.07, 6.45) is -0.164. The van der Waals surface area contributed by atoms with Crippen LogP contribution >= 0.6 is 0 Å². The number of nitrogens with one attached hydrogen (secondary N) is 1. The van der Waals surface area contributed by atoms with Crippen molar-refractivity contribution in [3.05, 3.63) is 0 Å². The van der Waals surface area contributed by atoms with Gasteiger partial charge in [-0.1, -0.05) is 0 Å². The maximum absolute atomic E-state index is 13.1. The molecular formula is C17H33N4O4+. The molecule has 2 heterocycles. The number of piperidine rings is 1. The standard InChI is InChI=1S/C17H32N4O4/c1-15(2)10-17(11-16(3,4)20(15)25)13(23)19(14(24)18-17)8-12(22)9-21(5,6)7/h12,22,25H,8-11H2,1-7H3/p+1. The number of quaternary nitrogens is 1. The van der Waals surface area contributed by atoms with Gasteiger partial charge >= 0.3 is 6.03 Å². The lowest BCUT2D eigenvalue weighted by Gasteiger charge is -2.54. The number of nitrogens with zero attached hydrogens (tertiary/aromatic N) is 3. The van der Waals surface area contributed by atoms with E-state index in [2.05, 4.69) is 5.32 Å². The highest BCUT2D eigenvalue weighted by atomic mass is 16.5. The molecule has 0 bridgehead atoms. The Morgan fingerprint density at radius 3 is 2.04 bits per heavy atom. The number of β-amino-alcohol motifs (C(OH)–C–C–N with tert-alkyl or cyclic N) is 1. The average molecular weight is 357 g/mol. The summed E-state index contributed by atoms with van der Waals surface area (Å²) in [5.41, 5.74) is -2.37. The molecule has 8 heteroatoms. The van der Waals surface area contributed by atoms with Crippen molar-refractivity contribution in [3.8, 4) is 0 Å². The van der Waals surface area contributed by atoms with Crippen molar-refractivity contribution in [1.29, 1.82) is 0 Å². The molecule has 3 N–H and O–H groups in total. The predicted octanol–water partition coefficient (Wildman–Crippen LogP) is 0.386. The van der Waals surface area contributed by atoms with E-state index in [4.69, 9.17) is 0 Å². The van der Waals surface area contributed by atoms with Crippen LogP contribution in [0.4, 0.5) is 4.79 Å². The highest BCUT2D eigenvalue weighted by Crippen LogP contribution is 2.44. The van der Waals surface area contributed by atoms with Gasteiger partial charge in [0.1, 0.15) is 18.2 Å². The normalized spacial score (nSPS) is 26.8. The van der Waals surface area contributed by atoms with E-state index in [1.54, 1.807) is 0 Å². The van der Waals surface area contributed by atoms with Crippen LogP contribution < -0.4 is 5.32 Å². The topological polar surface area (TPSA) is 93.1 Å². The van der Waals surface area contributed by atoms with Crippen LogP contribution in [-0.4, -0.2) is 93.7 Å². The minimum atomic E-state index is -1.04. The van der Waals surface area contributed by atoms with E-state index in [9.17, 15) is 19.9 Å². The number of hydrogen-bond donors (Lipinski definition) is 3. The maximum atomic E-state index is 13.1. The number of carbonyl (C=O) groups excluding carboxylic acids is 2. The molecule has 2 fully saturated rings. The predicted molar refractivity (Wildman–Crippen MR) is 92.9 cm³/mol. The second kappa shape index (κ2) is 5.90. The second-order valence-corrected chi connectivity index (χ2v) is 9.84. The van der Waals surface area contributed by atoms with Crippen molar-refractivity contribution in [2.24, 2.45) is 0 Å². The number of aliphatic hydroxyl groups is 1. The summed E-state index contributed by atoms with van der Waals surface area (Å²) in [7, 11) is 5.83. The van der Waals surface area contributed by atoms with Crippen molar-refractivity contribution < 1.29 is 24.4 Å². The summed E-state index contributed by atoms with van der Waals surface area (Å²) in [6, 6.07) is -0.469. The Morgan fingerprint density at radius 2 is 1.60 bits per heavy atom. The van der Waals surface area contributed by atoms with Crippen LogP contribution in [0.5, 0.6) is 0 Å².